The Labute approximate surface area is 73.0 Å². The van der Waals surface area contributed by atoms with Crippen LogP contribution in [0.15, 0.2) is 0 Å². The van der Waals surface area contributed by atoms with Crippen LogP contribution in [0, 0.1) is 11.8 Å². The van der Waals surface area contributed by atoms with Crippen molar-refractivity contribution in [2.45, 2.75) is 20.0 Å². The molecule has 68 valence electrons. The highest BCUT2D eigenvalue weighted by atomic mass is 32.1. The average molecular weight is 180 g/mol. The summed E-state index contributed by atoms with van der Waals surface area (Å²) in [6.45, 7) is 3.81. The second-order valence-electron chi connectivity index (χ2n) is 2.89. The molecule has 0 saturated heterocycles. The van der Waals surface area contributed by atoms with E-state index in [0.29, 0.717) is 0 Å². The maximum absolute atomic E-state index is 8.79. The van der Waals surface area contributed by atoms with Gasteiger partial charge in [0.15, 0.2) is 0 Å². The SMILES string of the molecule is C[C@H](CO)[C@H](OS)[C@@H](C)CO. The second-order valence-corrected chi connectivity index (χ2v) is 3.10. The molecule has 0 bridgehead atoms. The van der Waals surface area contributed by atoms with Gasteiger partial charge in [-0.1, -0.05) is 13.8 Å². The summed E-state index contributed by atoms with van der Waals surface area (Å²) >= 11 is 3.68. The van der Waals surface area contributed by atoms with E-state index in [9.17, 15) is 0 Å². The Morgan fingerprint density at radius 2 is 1.55 bits per heavy atom. The van der Waals surface area contributed by atoms with Crippen molar-refractivity contribution >= 4 is 12.9 Å². The van der Waals surface area contributed by atoms with Crippen molar-refractivity contribution in [2.75, 3.05) is 13.2 Å². The highest BCUT2D eigenvalue weighted by molar-refractivity contribution is 7.75. The highest BCUT2D eigenvalue weighted by Crippen LogP contribution is 2.17. The van der Waals surface area contributed by atoms with Crippen LogP contribution in [-0.4, -0.2) is 29.5 Å². The summed E-state index contributed by atoms with van der Waals surface area (Å²) in [7, 11) is 0. The first kappa shape index (κ1) is 11.2. The van der Waals surface area contributed by atoms with Crippen molar-refractivity contribution in [1.29, 1.82) is 0 Å². The molecule has 0 rings (SSSR count). The van der Waals surface area contributed by atoms with Gasteiger partial charge in [0.05, 0.1) is 6.10 Å². The summed E-state index contributed by atoms with van der Waals surface area (Å²) in [5.74, 6) is 0.0179. The predicted octanol–water partition coefficient (Wildman–Crippen LogP) is 0.473. The smallest absolute Gasteiger partial charge is 0.0813 e. The standard InChI is InChI=1S/C7H16O3S/c1-5(3-8)7(10-11)6(2)4-9/h5-9,11H,3-4H2,1-2H3/t5-,6+,7+. The summed E-state index contributed by atoms with van der Waals surface area (Å²) in [5, 5.41) is 17.6. The van der Waals surface area contributed by atoms with Gasteiger partial charge >= 0.3 is 0 Å². The number of rotatable bonds is 5. The van der Waals surface area contributed by atoms with Gasteiger partial charge in [-0.25, -0.2) is 0 Å². The molecule has 0 aromatic rings. The Morgan fingerprint density at radius 1 is 1.18 bits per heavy atom. The molecule has 0 aliphatic rings. The largest absolute Gasteiger partial charge is 0.396 e. The number of hydrogen-bond acceptors (Lipinski definition) is 4. The third-order valence-electron chi connectivity index (χ3n) is 1.82. The molecule has 3 nitrogen and oxygen atoms in total. The van der Waals surface area contributed by atoms with E-state index in [0.717, 1.165) is 0 Å². The molecule has 0 radical (unpaired) electrons. The summed E-state index contributed by atoms with van der Waals surface area (Å²) in [6, 6.07) is 0. The maximum Gasteiger partial charge on any atom is 0.0813 e. The summed E-state index contributed by atoms with van der Waals surface area (Å²) < 4.78 is 4.83. The van der Waals surface area contributed by atoms with Crippen molar-refractivity contribution in [3.63, 3.8) is 0 Å². The Kier molecular flexibility index (Phi) is 5.95. The normalized spacial score (nSPS) is 19.4. The molecule has 4 heteroatoms. The van der Waals surface area contributed by atoms with E-state index in [1.165, 1.54) is 0 Å². The Bertz CT molecular complexity index is 89.7. The van der Waals surface area contributed by atoms with Crippen LogP contribution in [0.5, 0.6) is 0 Å². The van der Waals surface area contributed by atoms with Crippen LogP contribution in [0.25, 0.3) is 0 Å². The average Bonchev–Trinajstić information content (AvgIpc) is 2.05. The molecule has 0 amide bonds. The molecule has 0 aromatic heterocycles. The third kappa shape index (κ3) is 3.42. The Morgan fingerprint density at radius 3 is 1.73 bits per heavy atom. The first-order valence-electron chi connectivity index (χ1n) is 3.69. The lowest BCUT2D eigenvalue weighted by atomic mass is 9.95. The molecule has 0 heterocycles. The fraction of sp³-hybridized carbons (Fsp3) is 1.00. The molecule has 0 fully saturated rings. The van der Waals surface area contributed by atoms with Gasteiger partial charge in [0, 0.05) is 25.0 Å². The van der Waals surface area contributed by atoms with Gasteiger partial charge in [-0.2, -0.15) is 0 Å². The molecule has 0 aliphatic heterocycles. The van der Waals surface area contributed by atoms with Crippen LogP contribution in [0.3, 0.4) is 0 Å². The van der Waals surface area contributed by atoms with E-state index in [4.69, 9.17) is 14.4 Å². The van der Waals surface area contributed by atoms with Crippen molar-refractivity contribution < 1.29 is 14.4 Å². The molecule has 0 aliphatic carbocycles. The third-order valence-corrected chi connectivity index (χ3v) is 2.06. The zero-order valence-electron chi connectivity index (χ0n) is 6.90. The number of thiol groups is 1. The van der Waals surface area contributed by atoms with E-state index in [1.807, 2.05) is 13.8 Å². The Hall–Kier alpha value is 0.230. The van der Waals surface area contributed by atoms with E-state index < -0.39 is 0 Å². The van der Waals surface area contributed by atoms with Crippen LogP contribution in [0.4, 0.5) is 0 Å². The monoisotopic (exact) mass is 180 g/mol. The van der Waals surface area contributed by atoms with Crippen molar-refractivity contribution in [3.8, 4) is 0 Å². The van der Waals surface area contributed by atoms with Crippen LogP contribution in [-0.2, 0) is 4.18 Å². The minimum absolute atomic E-state index is 0.00894. The molecular weight excluding hydrogens is 164 g/mol. The molecule has 0 spiro atoms. The molecular formula is C7H16O3S. The van der Waals surface area contributed by atoms with Gasteiger partial charge in [-0.3, -0.25) is 0 Å². The van der Waals surface area contributed by atoms with E-state index in [-0.39, 0.29) is 31.2 Å². The molecule has 0 saturated carbocycles. The summed E-state index contributed by atoms with van der Waals surface area (Å²) in [5.41, 5.74) is 0. The zero-order chi connectivity index (χ0) is 8.85. The summed E-state index contributed by atoms with van der Waals surface area (Å²) in [4.78, 5) is 0. The van der Waals surface area contributed by atoms with Gasteiger partial charge in [0.2, 0.25) is 0 Å². The van der Waals surface area contributed by atoms with Gasteiger partial charge in [0.1, 0.15) is 0 Å². The lowest BCUT2D eigenvalue weighted by Gasteiger charge is -2.24. The molecule has 11 heavy (non-hydrogen) atoms. The van der Waals surface area contributed by atoms with Crippen LogP contribution in [0.1, 0.15) is 13.8 Å². The van der Waals surface area contributed by atoms with E-state index in [2.05, 4.69) is 12.9 Å². The topological polar surface area (TPSA) is 49.7 Å². The molecule has 3 atom stereocenters. The second kappa shape index (κ2) is 5.83. The molecule has 0 unspecified atom stereocenters. The summed E-state index contributed by atoms with van der Waals surface area (Å²) in [6.07, 6.45) is -0.187. The van der Waals surface area contributed by atoms with Gasteiger partial charge < -0.3 is 14.4 Å². The van der Waals surface area contributed by atoms with Crippen LogP contribution >= 0.6 is 12.9 Å². The highest BCUT2D eigenvalue weighted by Gasteiger charge is 2.22. The fourth-order valence-corrected chi connectivity index (χ4v) is 1.39. The van der Waals surface area contributed by atoms with Gasteiger partial charge in [0.25, 0.3) is 0 Å². The van der Waals surface area contributed by atoms with Crippen molar-refractivity contribution in [2.24, 2.45) is 11.8 Å². The number of aliphatic hydroxyl groups is 2. The minimum atomic E-state index is -0.187. The predicted molar refractivity (Wildman–Crippen MR) is 46.4 cm³/mol. The van der Waals surface area contributed by atoms with Gasteiger partial charge in [-0.15, -0.1) is 0 Å². The lowest BCUT2D eigenvalue weighted by Crippen LogP contribution is -2.30. The number of hydrogen-bond donors (Lipinski definition) is 3. The van der Waals surface area contributed by atoms with E-state index >= 15 is 0 Å². The number of aliphatic hydroxyl groups excluding tert-OH is 2. The first-order chi connectivity index (χ1) is 5.17. The van der Waals surface area contributed by atoms with Gasteiger partial charge in [-0.05, 0) is 12.9 Å². The minimum Gasteiger partial charge on any atom is -0.396 e. The van der Waals surface area contributed by atoms with Crippen molar-refractivity contribution in [1.82, 2.24) is 0 Å². The quantitative estimate of drug-likeness (QED) is 0.426. The van der Waals surface area contributed by atoms with Crippen molar-refractivity contribution in [3.05, 3.63) is 0 Å². The zero-order valence-corrected chi connectivity index (χ0v) is 7.79. The molecule has 0 aromatic carbocycles. The Balaban J connectivity index is 3.92. The first-order valence-corrected chi connectivity index (χ1v) is 4.05. The van der Waals surface area contributed by atoms with Crippen LogP contribution in [0.2, 0.25) is 0 Å². The maximum atomic E-state index is 8.79. The van der Waals surface area contributed by atoms with Crippen LogP contribution < -0.4 is 0 Å². The fourth-order valence-electron chi connectivity index (χ4n) is 0.976. The van der Waals surface area contributed by atoms with E-state index in [1.54, 1.807) is 0 Å². The lowest BCUT2D eigenvalue weighted by molar-refractivity contribution is 0.0500. The molecule has 2 N–H and O–H groups in total.